The lowest BCUT2D eigenvalue weighted by atomic mass is 9.82. The summed E-state index contributed by atoms with van der Waals surface area (Å²) in [4.78, 5) is 30.0. The van der Waals surface area contributed by atoms with Gasteiger partial charge in [0, 0.05) is 35.8 Å². The summed E-state index contributed by atoms with van der Waals surface area (Å²) in [7, 11) is 0. The van der Waals surface area contributed by atoms with E-state index in [1.807, 2.05) is 49.1 Å². The van der Waals surface area contributed by atoms with Crippen LogP contribution in [-0.4, -0.2) is 41.5 Å². The molecule has 1 fully saturated rings. The molecule has 3 atom stereocenters. The normalized spacial score (nSPS) is 19.3. The van der Waals surface area contributed by atoms with Crippen LogP contribution in [0.4, 0.5) is 14.5 Å². The molecule has 1 saturated heterocycles. The van der Waals surface area contributed by atoms with Gasteiger partial charge in [-0.3, -0.25) is 14.5 Å². The van der Waals surface area contributed by atoms with Crippen LogP contribution in [-0.2, 0) is 16.0 Å². The Labute approximate surface area is 233 Å². The first kappa shape index (κ1) is 28.7. The molecule has 0 radical (unpaired) electrons. The van der Waals surface area contributed by atoms with Gasteiger partial charge in [0.15, 0.2) is 11.6 Å². The molecule has 1 aliphatic heterocycles. The van der Waals surface area contributed by atoms with Gasteiger partial charge >= 0.3 is 5.97 Å². The number of hydrogen-bond donors (Lipinski definition) is 1. The number of aliphatic carboxylic acids is 1. The van der Waals surface area contributed by atoms with Crippen LogP contribution in [0, 0.1) is 17.6 Å². The second-order valence-electron chi connectivity index (χ2n) is 9.99. The molecule has 39 heavy (non-hydrogen) atoms. The summed E-state index contributed by atoms with van der Waals surface area (Å²) in [5.74, 6) is -4.86. The van der Waals surface area contributed by atoms with Gasteiger partial charge < -0.3 is 10.0 Å². The van der Waals surface area contributed by atoms with Gasteiger partial charge in [0.25, 0.3) is 0 Å². The maximum absolute atomic E-state index is 14.2. The molecule has 4 rings (SSSR count). The number of benzene rings is 3. The van der Waals surface area contributed by atoms with Gasteiger partial charge in [-0.05, 0) is 59.9 Å². The van der Waals surface area contributed by atoms with Gasteiger partial charge in [0.2, 0.25) is 5.91 Å². The fourth-order valence-electron chi connectivity index (χ4n) is 5.44. The van der Waals surface area contributed by atoms with Gasteiger partial charge in [-0.1, -0.05) is 68.3 Å². The Morgan fingerprint density at radius 2 is 1.72 bits per heavy atom. The van der Waals surface area contributed by atoms with E-state index < -0.39 is 35.5 Å². The van der Waals surface area contributed by atoms with Crippen molar-refractivity contribution >= 4 is 29.2 Å². The zero-order valence-corrected chi connectivity index (χ0v) is 22.9. The highest BCUT2D eigenvalue weighted by atomic mass is 35.5. The van der Waals surface area contributed by atoms with E-state index in [1.165, 1.54) is 6.07 Å². The molecule has 0 aliphatic carbocycles. The van der Waals surface area contributed by atoms with Crippen molar-refractivity contribution in [3.05, 3.63) is 100 Å². The van der Waals surface area contributed by atoms with Crippen LogP contribution in [0.15, 0.2) is 66.7 Å². The number of anilines is 1. The number of hydrogen-bond acceptors (Lipinski definition) is 3. The Kier molecular flexibility index (Phi) is 9.36. The van der Waals surface area contributed by atoms with Crippen molar-refractivity contribution in [3.63, 3.8) is 0 Å². The lowest BCUT2D eigenvalue weighted by molar-refractivity contribution is -0.143. The summed E-state index contributed by atoms with van der Waals surface area (Å²) in [6.45, 7) is 4.73. The van der Waals surface area contributed by atoms with Gasteiger partial charge in [0.05, 0.1) is 12.5 Å². The third-order valence-electron chi connectivity index (χ3n) is 7.48. The standard InChI is InChI=1S/C31H33ClF2N2O3/c1-3-5-15-36(24-8-6-7-23(32)17-24)28(37)19-35-18-25(22-13-14-26(33)27(34)16-22)29(31(38)39)30(35)21-11-9-20(4-2)10-12-21/h6-14,16-17,25,29-30H,3-5,15,18-19H2,1-2H3,(H,38,39). The van der Waals surface area contributed by atoms with Crippen molar-refractivity contribution in [3.8, 4) is 0 Å². The quantitative estimate of drug-likeness (QED) is 0.297. The van der Waals surface area contributed by atoms with Crippen molar-refractivity contribution < 1.29 is 23.5 Å². The smallest absolute Gasteiger partial charge is 0.309 e. The molecule has 0 aromatic heterocycles. The van der Waals surface area contributed by atoms with E-state index in [0.717, 1.165) is 42.5 Å². The van der Waals surface area contributed by atoms with Crippen LogP contribution in [0.2, 0.25) is 5.02 Å². The minimum Gasteiger partial charge on any atom is -0.481 e. The first-order chi connectivity index (χ1) is 18.7. The predicted octanol–water partition coefficient (Wildman–Crippen LogP) is 6.86. The number of likely N-dealkylation sites (tertiary alicyclic amines) is 1. The second-order valence-corrected chi connectivity index (χ2v) is 10.4. The predicted molar refractivity (Wildman–Crippen MR) is 149 cm³/mol. The first-order valence-corrected chi connectivity index (χ1v) is 13.7. The molecule has 3 aromatic carbocycles. The number of halogens is 3. The molecule has 0 saturated carbocycles. The van der Waals surface area contributed by atoms with E-state index in [0.29, 0.717) is 22.8 Å². The summed E-state index contributed by atoms with van der Waals surface area (Å²) in [5.41, 5.74) is 2.94. The summed E-state index contributed by atoms with van der Waals surface area (Å²) in [5, 5.41) is 10.9. The highest BCUT2D eigenvalue weighted by Gasteiger charge is 2.48. The molecule has 1 amide bonds. The largest absolute Gasteiger partial charge is 0.481 e. The third-order valence-corrected chi connectivity index (χ3v) is 7.71. The summed E-state index contributed by atoms with van der Waals surface area (Å²) < 4.78 is 27.9. The first-order valence-electron chi connectivity index (χ1n) is 13.3. The number of carboxylic acids is 1. The summed E-state index contributed by atoms with van der Waals surface area (Å²) >= 11 is 6.22. The fraction of sp³-hybridized carbons (Fsp3) is 0.355. The van der Waals surface area contributed by atoms with Crippen LogP contribution in [0.5, 0.6) is 0 Å². The average Bonchev–Trinajstić information content (AvgIpc) is 3.30. The average molecular weight is 555 g/mol. The fourth-order valence-corrected chi connectivity index (χ4v) is 5.62. The zero-order valence-electron chi connectivity index (χ0n) is 22.1. The topological polar surface area (TPSA) is 60.9 Å². The van der Waals surface area contributed by atoms with E-state index in [-0.39, 0.29) is 19.0 Å². The van der Waals surface area contributed by atoms with Crippen molar-refractivity contribution in [1.82, 2.24) is 4.90 Å². The molecule has 206 valence electrons. The van der Waals surface area contributed by atoms with Crippen molar-refractivity contribution in [1.29, 1.82) is 0 Å². The minimum atomic E-state index is -1.05. The number of carbonyl (C=O) groups is 2. The van der Waals surface area contributed by atoms with Crippen LogP contribution in [0.1, 0.15) is 55.3 Å². The lowest BCUT2D eigenvalue weighted by Crippen LogP contribution is -2.41. The monoisotopic (exact) mass is 554 g/mol. The molecule has 0 bridgehead atoms. The second kappa shape index (κ2) is 12.7. The lowest BCUT2D eigenvalue weighted by Gasteiger charge is -2.30. The maximum atomic E-state index is 14.2. The summed E-state index contributed by atoms with van der Waals surface area (Å²) in [6, 6.07) is 17.7. The van der Waals surface area contributed by atoms with Crippen molar-refractivity contribution in [2.24, 2.45) is 5.92 Å². The Morgan fingerprint density at radius 3 is 2.33 bits per heavy atom. The van der Waals surface area contributed by atoms with E-state index in [4.69, 9.17) is 11.6 Å². The third kappa shape index (κ3) is 6.48. The van der Waals surface area contributed by atoms with E-state index >= 15 is 0 Å². The molecule has 3 aromatic rings. The molecule has 0 spiro atoms. The van der Waals surface area contributed by atoms with Crippen LogP contribution < -0.4 is 4.90 Å². The van der Waals surface area contributed by atoms with Crippen molar-refractivity contribution in [2.45, 2.75) is 45.1 Å². The van der Waals surface area contributed by atoms with Gasteiger partial charge in [0.1, 0.15) is 0 Å². The number of carbonyl (C=O) groups excluding carboxylic acids is 1. The highest BCUT2D eigenvalue weighted by molar-refractivity contribution is 6.30. The van der Waals surface area contributed by atoms with E-state index in [1.54, 1.807) is 23.1 Å². The number of aryl methyl sites for hydroxylation is 1. The molecule has 1 heterocycles. The number of unbranched alkanes of at least 4 members (excludes halogenated alkanes) is 1. The Balaban J connectivity index is 1.73. The van der Waals surface area contributed by atoms with Crippen LogP contribution in [0.3, 0.4) is 0 Å². The molecular formula is C31H33ClF2N2O3. The number of carboxylic acid groups (broad SMARTS) is 1. The zero-order chi connectivity index (χ0) is 28.1. The molecule has 8 heteroatoms. The highest BCUT2D eigenvalue weighted by Crippen LogP contribution is 2.46. The minimum absolute atomic E-state index is 0.0413. The van der Waals surface area contributed by atoms with Gasteiger partial charge in [-0.25, -0.2) is 8.78 Å². The van der Waals surface area contributed by atoms with Crippen molar-refractivity contribution in [2.75, 3.05) is 24.5 Å². The molecule has 1 aliphatic rings. The van der Waals surface area contributed by atoms with Crippen LogP contribution >= 0.6 is 11.6 Å². The SMILES string of the molecule is CCCCN(C(=O)CN1CC(c2ccc(F)c(F)c2)C(C(=O)O)C1c1ccc(CC)cc1)c1cccc(Cl)c1. The van der Waals surface area contributed by atoms with Gasteiger partial charge in [-0.15, -0.1) is 0 Å². The van der Waals surface area contributed by atoms with Crippen LogP contribution in [0.25, 0.3) is 0 Å². The molecule has 1 N–H and O–H groups in total. The summed E-state index contributed by atoms with van der Waals surface area (Å²) in [6.07, 6.45) is 2.51. The van der Waals surface area contributed by atoms with E-state index in [9.17, 15) is 23.5 Å². The molecule has 5 nitrogen and oxygen atoms in total. The number of rotatable bonds is 10. The molecular weight excluding hydrogens is 522 g/mol. The van der Waals surface area contributed by atoms with E-state index in [2.05, 4.69) is 0 Å². The maximum Gasteiger partial charge on any atom is 0.309 e. The number of nitrogens with zero attached hydrogens (tertiary/aromatic N) is 2. The Hall–Kier alpha value is -3.29. The Bertz CT molecular complexity index is 1320. The Morgan fingerprint density at radius 1 is 1.00 bits per heavy atom. The molecule has 3 unspecified atom stereocenters. The number of amides is 1. The van der Waals surface area contributed by atoms with Gasteiger partial charge in [-0.2, -0.15) is 0 Å².